The Hall–Kier alpha value is -1.36. The van der Waals surface area contributed by atoms with Crippen molar-refractivity contribution in [2.75, 3.05) is 19.7 Å². The van der Waals surface area contributed by atoms with Gasteiger partial charge in [0.2, 0.25) is 0 Å². The van der Waals surface area contributed by atoms with Crippen molar-refractivity contribution >= 4 is 11.3 Å². The zero-order valence-corrected chi connectivity index (χ0v) is 13.1. The number of hydrogen-bond donors (Lipinski definition) is 1. The van der Waals surface area contributed by atoms with E-state index in [1.165, 1.54) is 18.5 Å². The second-order valence-electron chi connectivity index (χ2n) is 5.45. The Bertz CT molecular complexity index is 582. The Kier molecular flexibility index (Phi) is 4.91. The van der Waals surface area contributed by atoms with E-state index in [9.17, 15) is 0 Å². The molecule has 2 aromatic rings. The van der Waals surface area contributed by atoms with E-state index in [0.717, 1.165) is 37.4 Å². The van der Waals surface area contributed by atoms with Gasteiger partial charge in [-0.3, -0.25) is 4.90 Å². The second kappa shape index (κ2) is 7.07. The number of benzene rings is 1. The molecule has 21 heavy (non-hydrogen) atoms. The molecule has 0 amide bonds. The molecule has 0 unspecified atom stereocenters. The van der Waals surface area contributed by atoms with Crippen LogP contribution in [0.25, 0.3) is 0 Å². The predicted molar refractivity (Wildman–Crippen MR) is 87.7 cm³/mol. The van der Waals surface area contributed by atoms with E-state index in [1.807, 2.05) is 35.6 Å². The summed E-state index contributed by atoms with van der Waals surface area (Å²) in [5, 5.41) is 2.21. The van der Waals surface area contributed by atoms with Crippen LogP contribution < -0.4 is 10.5 Å². The maximum absolute atomic E-state index is 5.81. The summed E-state index contributed by atoms with van der Waals surface area (Å²) in [5.74, 6) is 0.928. The number of nitrogens with two attached hydrogens (primary N) is 1. The normalized spacial score (nSPS) is 14.9. The minimum atomic E-state index is 0.563. The van der Waals surface area contributed by atoms with Crippen LogP contribution in [0.2, 0.25) is 0 Å². The average Bonchev–Trinajstić information content (AvgIpc) is 2.99. The van der Waals surface area contributed by atoms with Gasteiger partial charge in [-0.25, -0.2) is 0 Å². The molecule has 1 aliphatic heterocycles. The van der Waals surface area contributed by atoms with Crippen molar-refractivity contribution in [1.82, 2.24) is 4.90 Å². The van der Waals surface area contributed by atoms with Crippen LogP contribution in [0.3, 0.4) is 0 Å². The third kappa shape index (κ3) is 3.84. The topological polar surface area (TPSA) is 38.5 Å². The van der Waals surface area contributed by atoms with E-state index in [4.69, 9.17) is 10.5 Å². The maximum Gasteiger partial charge on any atom is 0.119 e. The third-order valence-corrected chi connectivity index (χ3v) is 4.93. The van der Waals surface area contributed by atoms with E-state index in [0.29, 0.717) is 6.54 Å². The smallest absolute Gasteiger partial charge is 0.119 e. The molecule has 0 saturated heterocycles. The molecular formula is C17H22N2OS. The van der Waals surface area contributed by atoms with Crippen LogP contribution in [0.15, 0.2) is 35.7 Å². The Balaban J connectivity index is 1.41. The number of hydrogen-bond acceptors (Lipinski definition) is 4. The SMILES string of the molecule is NCc1cccc(OCCCN2CCc3sccc3C2)c1. The van der Waals surface area contributed by atoms with Crippen molar-refractivity contribution in [3.05, 3.63) is 51.7 Å². The first-order chi connectivity index (χ1) is 10.3. The molecule has 2 heterocycles. The summed E-state index contributed by atoms with van der Waals surface area (Å²) in [7, 11) is 0. The van der Waals surface area contributed by atoms with Gasteiger partial charge in [-0.1, -0.05) is 12.1 Å². The van der Waals surface area contributed by atoms with Crippen molar-refractivity contribution < 1.29 is 4.74 Å². The van der Waals surface area contributed by atoms with Gasteiger partial charge in [0.25, 0.3) is 0 Å². The molecule has 1 aromatic carbocycles. The van der Waals surface area contributed by atoms with Gasteiger partial charge in [-0.2, -0.15) is 0 Å². The molecule has 1 aromatic heterocycles. The Morgan fingerprint density at radius 2 is 2.24 bits per heavy atom. The Morgan fingerprint density at radius 3 is 3.14 bits per heavy atom. The lowest BCUT2D eigenvalue weighted by atomic mass is 10.1. The monoisotopic (exact) mass is 302 g/mol. The number of nitrogens with zero attached hydrogens (tertiary/aromatic N) is 1. The van der Waals surface area contributed by atoms with Gasteiger partial charge in [0, 0.05) is 31.1 Å². The van der Waals surface area contributed by atoms with Crippen LogP contribution >= 0.6 is 11.3 Å². The van der Waals surface area contributed by atoms with Crippen LogP contribution in [-0.4, -0.2) is 24.6 Å². The fourth-order valence-corrected chi connectivity index (χ4v) is 3.63. The first-order valence-corrected chi connectivity index (χ1v) is 8.42. The molecule has 0 spiro atoms. The lowest BCUT2D eigenvalue weighted by Crippen LogP contribution is -2.31. The number of ether oxygens (including phenoxy) is 1. The Labute approximate surface area is 130 Å². The van der Waals surface area contributed by atoms with Crippen molar-refractivity contribution in [2.24, 2.45) is 5.73 Å². The van der Waals surface area contributed by atoms with E-state index in [2.05, 4.69) is 16.3 Å². The summed E-state index contributed by atoms with van der Waals surface area (Å²) in [6.45, 7) is 4.71. The molecule has 0 saturated carbocycles. The first-order valence-electron chi connectivity index (χ1n) is 7.54. The van der Waals surface area contributed by atoms with E-state index >= 15 is 0 Å². The molecule has 1 aliphatic rings. The molecule has 3 nitrogen and oxygen atoms in total. The van der Waals surface area contributed by atoms with Gasteiger partial charge >= 0.3 is 0 Å². The summed E-state index contributed by atoms with van der Waals surface area (Å²) in [4.78, 5) is 4.09. The standard InChI is InChI=1S/C17H22N2OS/c18-12-14-3-1-4-16(11-14)20-9-2-7-19-8-5-17-15(13-19)6-10-21-17/h1,3-4,6,10-11H,2,5,7-9,12-13,18H2. The zero-order chi connectivity index (χ0) is 14.5. The molecule has 0 bridgehead atoms. The molecule has 0 aliphatic carbocycles. The maximum atomic E-state index is 5.81. The van der Waals surface area contributed by atoms with Crippen LogP contribution in [-0.2, 0) is 19.5 Å². The van der Waals surface area contributed by atoms with Gasteiger partial charge in [0.1, 0.15) is 5.75 Å². The molecule has 0 fully saturated rings. The van der Waals surface area contributed by atoms with Gasteiger partial charge in [-0.05, 0) is 47.5 Å². The Morgan fingerprint density at radius 1 is 1.29 bits per heavy atom. The van der Waals surface area contributed by atoms with Gasteiger partial charge in [-0.15, -0.1) is 11.3 Å². The van der Waals surface area contributed by atoms with Crippen molar-refractivity contribution in [3.8, 4) is 5.75 Å². The van der Waals surface area contributed by atoms with Crippen LogP contribution in [0.1, 0.15) is 22.4 Å². The highest BCUT2D eigenvalue weighted by atomic mass is 32.1. The average molecular weight is 302 g/mol. The van der Waals surface area contributed by atoms with E-state index in [1.54, 1.807) is 4.88 Å². The molecule has 0 atom stereocenters. The van der Waals surface area contributed by atoms with Crippen LogP contribution in [0.5, 0.6) is 5.75 Å². The van der Waals surface area contributed by atoms with Crippen molar-refractivity contribution in [1.29, 1.82) is 0 Å². The summed E-state index contributed by atoms with van der Waals surface area (Å²) >= 11 is 1.89. The van der Waals surface area contributed by atoms with E-state index in [-0.39, 0.29) is 0 Å². The summed E-state index contributed by atoms with van der Waals surface area (Å²) in [6.07, 6.45) is 2.26. The summed E-state index contributed by atoms with van der Waals surface area (Å²) < 4.78 is 5.81. The number of rotatable bonds is 6. The second-order valence-corrected chi connectivity index (χ2v) is 6.45. The van der Waals surface area contributed by atoms with Crippen LogP contribution in [0.4, 0.5) is 0 Å². The lowest BCUT2D eigenvalue weighted by Gasteiger charge is -2.26. The van der Waals surface area contributed by atoms with Gasteiger partial charge in [0.15, 0.2) is 0 Å². The lowest BCUT2D eigenvalue weighted by molar-refractivity contribution is 0.222. The van der Waals surface area contributed by atoms with Gasteiger partial charge < -0.3 is 10.5 Å². The minimum absolute atomic E-state index is 0.563. The van der Waals surface area contributed by atoms with E-state index < -0.39 is 0 Å². The first kappa shape index (κ1) is 14.6. The predicted octanol–water partition coefficient (Wildman–Crippen LogP) is 3.03. The van der Waals surface area contributed by atoms with Crippen molar-refractivity contribution in [2.45, 2.75) is 25.9 Å². The highest BCUT2D eigenvalue weighted by molar-refractivity contribution is 7.10. The van der Waals surface area contributed by atoms with Crippen molar-refractivity contribution in [3.63, 3.8) is 0 Å². The highest BCUT2D eigenvalue weighted by Crippen LogP contribution is 2.24. The quantitative estimate of drug-likeness (QED) is 0.834. The summed E-state index contributed by atoms with van der Waals surface area (Å²) in [5.41, 5.74) is 8.28. The third-order valence-electron chi connectivity index (χ3n) is 3.91. The number of fused-ring (bicyclic) bond motifs is 1. The summed E-state index contributed by atoms with van der Waals surface area (Å²) in [6, 6.07) is 10.3. The van der Waals surface area contributed by atoms with Crippen LogP contribution in [0, 0.1) is 0 Å². The molecule has 112 valence electrons. The molecule has 3 rings (SSSR count). The molecule has 4 heteroatoms. The van der Waals surface area contributed by atoms with Gasteiger partial charge in [0.05, 0.1) is 6.61 Å². The number of thiophene rings is 1. The highest BCUT2D eigenvalue weighted by Gasteiger charge is 2.16. The molecule has 0 radical (unpaired) electrons. The largest absolute Gasteiger partial charge is 0.494 e. The minimum Gasteiger partial charge on any atom is -0.494 e. The fourth-order valence-electron chi connectivity index (χ4n) is 2.74. The zero-order valence-electron chi connectivity index (χ0n) is 12.3. The molecule has 2 N–H and O–H groups in total. The molecular weight excluding hydrogens is 280 g/mol. The fraction of sp³-hybridized carbons (Fsp3) is 0.412.